The lowest BCUT2D eigenvalue weighted by Gasteiger charge is -2.32. The Hall–Kier alpha value is -2.33. The van der Waals surface area contributed by atoms with Crippen LogP contribution in [-0.2, 0) is 17.8 Å². The zero-order valence-electron chi connectivity index (χ0n) is 14.7. The van der Waals surface area contributed by atoms with E-state index in [4.69, 9.17) is 0 Å². The summed E-state index contributed by atoms with van der Waals surface area (Å²) in [6.07, 6.45) is 1.09. The summed E-state index contributed by atoms with van der Waals surface area (Å²) >= 11 is 0. The normalized spacial score (nSPS) is 17.7. The van der Waals surface area contributed by atoms with Crippen LogP contribution in [-0.4, -0.2) is 25.5 Å². The summed E-state index contributed by atoms with van der Waals surface area (Å²) in [4.78, 5) is 15.0. The van der Waals surface area contributed by atoms with Crippen LogP contribution in [0.1, 0.15) is 18.1 Å². The second kappa shape index (κ2) is 6.89. The molecule has 2 aliphatic rings. The fourth-order valence-electron chi connectivity index (χ4n) is 3.68. The average Bonchev–Trinajstić information content (AvgIpc) is 2.98. The van der Waals surface area contributed by atoms with E-state index in [1.807, 2.05) is 25.1 Å². The third-order valence-corrected chi connectivity index (χ3v) is 5.55. The number of fused-ring (bicyclic) bond motifs is 1. The van der Waals surface area contributed by atoms with Crippen molar-refractivity contribution in [2.75, 3.05) is 29.9 Å². The number of nitrogens with zero attached hydrogens (tertiary/aromatic N) is 1. The highest BCUT2D eigenvalue weighted by Gasteiger charge is 2.29. The number of carbonyl (C=O) groups is 1. The number of amides is 1. The summed E-state index contributed by atoms with van der Waals surface area (Å²) in [7, 11) is 0. The molecular formula is C21H25N3O. The van der Waals surface area contributed by atoms with Gasteiger partial charge in [0.25, 0.3) is 0 Å². The zero-order chi connectivity index (χ0) is 17.2. The lowest BCUT2D eigenvalue weighted by molar-refractivity contribution is -0.121. The lowest BCUT2D eigenvalue weighted by atomic mass is 9.88. The first-order valence-electron chi connectivity index (χ1n) is 9.14. The van der Waals surface area contributed by atoms with E-state index in [9.17, 15) is 4.79 Å². The molecule has 2 N–H and O–H groups in total. The van der Waals surface area contributed by atoms with Gasteiger partial charge in [0.15, 0.2) is 0 Å². The van der Waals surface area contributed by atoms with Crippen LogP contribution in [0.4, 0.5) is 11.4 Å². The van der Waals surface area contributed by atoms with Gasteiger partial charge in [-0.1, -0.05) is 43.3 Å². The van der Waals surface area contributed by atoms with E-state index < -0.39 is 0 Å². The first-order valence-corrected chi connectivity index (χ1v) is 9.14. The van der Waals surface area contributed by atoms with Crippen molar-refractivity contribution in [3.63, 3.8) is 0 Å². The molecule has 2 aromatic rings. The summed E-state index contributed by atoms with van der Waals surface area (Å²) in [6, 6.07) is 16.8. The Balaban J connectivity index is 1.49. The number of para-hydroxylation sites is 2. The Kier molecular flexibility index (Phi) is 4.45. The van der Waals surface area contributed by atoms with E-state index in [1.165, 1.54) is 16.8 Å². The molecule has 0 bridgehead atoms. The molecule has 2 aromatic carbocycles. The van der Waals surface area contributed by atoms with Gasteiger partial charge in [-0.2, -0.15) is 0 Å². The quantitative estimate of drug-likeness (QED) is 0.883. The molecule has 0 aromatic heterocycles. The lowest BCUT2D eigenvalue weighted by Crippen LogP contribution is -2.48. The number of benzene rings is 2. The maximum absolute atomic E-state index is 12.6. The molecular weight excluding hydrogens is 310 g/mol. The van der Waals surface area contributed by atoms with Crippen LogP contribution in [0.2, 0.25) is 0 Å². The molecule has 1 fully saturated rings. The average molecular weight is 335 g/mol. The van der Waals surface area contributed by atoms with Crippen molar-refractivity contribution in [3.05, 3.63) is 59.7 Å². The SMILES string of the molecule is CC(C(=O)Nc1ccccc1CN1CCc2ccccc21)C1CNC1. The number of hydrogen-bond donors (Lipinski definition) is 2. The second-order valence-electron chi connectivity index (χ2n) is 7.15. The predicted octanol–water partition coefficient (Wildman–Crippen LogP) is 3.04. The largest absolute Gasteiger partial charge is 0.367 e. The maximum atomic E-state index is 12.6. The molecule has 4 heteroatoms. The van der Waals surface area contributed by atoms with Gasteiger partial charge in [0.1, 0.15) is 0 Å². The molecule has 4 rings (SSSR count). The maximum Gasteiger partial charge on any atom is 0.227 e. The third-order valence-electron chi connectivity index (χ3n) is 5.55. The molecule has 4 nitrogen and oxygen atoms in total. The Morgan fingerprint density at radius 1 is 1.20 bits per heavy atom. The summed E-state index contributed by atoms with van der Waals surface area (Å²) in [5.74, 6) is 0.625. The van der Waals surface area contributed by atoms with Crippen molar-refractivity contribution in [3.8, 4) is 0 Å². The molecule has 130 valence electrons. The first-order chi connectivity index (χ1) is 12.2. The van der Waals surface area contributed by atoms with Crippen LogP contribution < -0.4 is 15.5 Å². The fraction of sp³-hybridized carbons (Fsp3) is 0.381. The van der Waals surface area contributed by atoms with E-state index in [1.54, 1.807) is 0 Å². The zero-order valence-corrected chi connectivity index (χ0v) is 14.7. The molecule has 0 aliphatic carbocycles. The molecule has 1 unspecified atom stereocenters. The van der Waals surface area contributed by atoms with Crippen LogP contribution in [0, 0.1) is 11.8 Å². The Morgan fingerprint density at radius 3 is 2.76 bits per heavy atom. The minimum Gasteiger partial charge on any atom is -0.367 e. The molecule has 1 atom stereocenters. The van der Waals surface area contributed by atoms with Crippen molar-refractivity contribution in [2.24, 2.45) is 11.8 Å². The van der Waals surface area contributed by atoms with E-state index in [-0.39, 0.29) is 11.8 Å². The third kappa shape index (κ3) is 3.27. The number of anilines is 2. The van der Waals surface area contributed by atoms with Gasteiger partial charge in [-0.3, -0.25) is 4.79 Å². The van der Waals surface area contributed by atoms with Gasteiger partial charge >= 0.3 is 0 Å². The Bertz CT molecular complexity index is 769. The number of carbonyl (C=O) groups excluding carboxylic acids is 1. The van der Waals surface area contributed by atoms with Gasteiger partial charge < -0.3 is 15.5 Å². The molecule has 0 saturated carbocycles. The highest BCUT2D eigenvalue weighted by molar-refractivity contribution is 5.93. The van der Waals surface area contributed by atoms with Crippen molar-refractivity contribution < 1.29 is 4.79 Å². The van der Waals surface area contributed by atoms with Crippen molar-refractivity contribution in [2.45, 2.75) is 19.9 Å². The van der Waals surface area contributed by atoms with Gasteiger partial charge in [0, 0.05) is 30.4 Å². The highest BCUT2D eigenvalue weighted by Crippen LogP contribution is 2.30. The minimum absolute atomic E-state index is 0.0434. The van der Waals surface area contributed by atoms with E-state index >= 15 is 0 Å². The van der Waals surface area contributed by atoms with Crippen molar-refractivity contribution >= 4 is 17.3 Å². The number of rotatable bonds is 5. The van der Waals surface area contributed by atoms with Gasteiger partial charge in [0.2, 0.25) is 5.91 Å². The molecule has 0 spiro atoms. The summed E-state index contributed by atoms with van der Waals surface area (Å²) in [5.41, 5.74) is 4.84. The van der Waals surface area contributed by atoms with Gasteiger partial charge in [-0.25, -0.2) is 0 Å². The van der Waals surface area contributed by atoms with Crippen LogP contribution in [0.15, 0.2) is 48.5 Å². The Labute approximate surface area is 149 Å². The molecule has 2 heterocycles. The van der Waals surface area contributed by atoms with Crippen LogP contribution in [0.25, 0.3) is 0 Å². The van der Waals surface area contributed by atoms with Crippen molar-refractivity contribution in [1.29, 1.82) is 0 Å². The van der Waals surface area contributed by atoms with E-state index in [0.717, 1.165) is 38.3 Å². The Morgan fingerprint density at radius 2 is 1.96 bits per heavy atom. The second-order valence-corrected chi connectivity index (χ2v) is 7.15. The topological polar surface area (TPSA) is 44.4 Å². The van der Waals surface area contributed by atoms with Gasteiger partial charge in [-0.15, -0.1) is 0 Å². The molecule has 2 aliphatic heterocycles. The van der Waals surface area contributed by atoms with Crippen molar-refractivity contribution in [1.82, 2.24) is 5.32 Å². The van der Waals surface area contributed by atoms with E-state index in [0.29, 0.717) is 5.92 Å². The highest BCUT2D eigenvalue weighted by atomic mass is 16.1. The van der Waals surface area contributed by atoms with Crippen LogP contribution in [0.3, 0.4) is 0 Å². The molecule has 1 amide bonds. The number of hydrogen-bond acceptors (Lipinski definition) is 3. The van der Waals surface area contributed by atoms with Gasteiger partial charge in [0.05, 0.1) is 0 Å². The fourth-order valence-corrected chi connectivity index (χ4v) is 3.68. The summed E-state index contributed by atoms with van der Waals surface area (Å²) < 4.78 is 0. The molecule has 25 heavy (non-hydrogen) atoms. The van der Waals surface area contributed by atoms with E-state index in [2.05, 4.69) is 45.9 Å². The van der Waals surface area contributed by atoms with Crippen LogP contribution in [0.5, 0.6) is 0 Å². The summed E-state index contributed by atoms with van der Waals surface area (Å²) in [6.45, 7) is 5.78. The summed E-state index contributed by atoms with van der Waals surface area (Å²) in [5, 5.41) is 6.41. The number of nitrogens with one attached hydrogen (secondary N) is 2. The standard InChI is InChI=1S/C21H25N3O/c1-15(18-12-22-13-18)21(25)23-19-8-4-2-7-17(19)14-24-11-10-16-6-3-5-9-20(16)24/h2-9,15,18,22H,10-14H2,1H3,(H,23,25). The van der Waals surface area contributed by atoms with Crippen LogP contribution >= 0.6 is 0 Å². The smallest absolute Gasteiger partial charge is 0.227 e. The predicted molar refractivity (Wildman–Crippen MR) is 102 cm³/mol. The first kappa shape index (κ1) is 16.2. The monoisotopic (exact) mass is 335 g/mol. The molecule has 0 radical (unpaired) electrons. The van der Waals surface area contributed by atoms with Gasteiger partial charge in [-0.05, 0) is 48.7 Å². The molecule has 1 saturated heterocycles. The minimum atomic E-state index is 0.0434.